The zero-order valence-corrected chi connectivity index (χ0v) is 15.6. The third-order valence-corrected chi connectivity index (χ3v) is 5.77. The van der Waals surface area contributed by atoms with E-state index in [9.17, 15) is 4.39 Å². The maximum Gasteiger partial charge on any atom is 0.203 e. The van der Waals surface area contributed by atoms with Gasteiger partial charge < -0.3 is 9.47 Å². The molecule has 0 unspecified atom stereocenters. The van der Waals surface area contributed by atoms with Crippen LogP contribution < -0.4 is 4.74 Å². The van der Waals surface area contributed by atoms with E-state index in [0.29, 0.717) is 6.61 Å². The Labute approximate surface area is 158 Å². The average Bonchev–Trinajstić information content (AvgIpc) is 3.08. The molecule has 2 aromatic carbocycles. The first-order chi connectivity index (χ1) is 13.0. The van der Waals surface area contributed by atoms with Gasteiger partial charge in [0.2, 0.25) is 5.72 Å². The Kier molecular flexibility index (Phi) is 3.60. The monoisotopic (exact) mass is 366 g/mol. The molecule has 1 saturated heterocycles. The van der Waals surface area contributed by atoms with Gasteiger partial charge in [-0.15, -0.1) is 0 Å². The molecule has 0 saturated carbocycles. The first-order valence-corrected chi connectivity index (χ1v) is 9.51. The molecule has 0 radical (unpaired) electrons. The molecule has 5 rings (SSSR count). The average molecular weight is 366 g/mol. The highest BCUT2D eigenvalue weighted by Gasteiger charge is 2.54. The van der Waals surface area contributed by atoms with Gasteiger partial charge in [-0.2, -0.15) is 5.10 Å². The van der Waals surface area contributed by atoms with Crippen molar-refractivity contribution in [2.45, 2.75) is 50.5 Å². The summed E-state index contributed by atoms with van der Waals surface area (Å²) in [7, 11) is 0. The van der Waals surface area contributed by atoms with Crippen molar-refractivity contribution in [1.29, 1.82) is 0 Å². The van der Waals surface area contributed by atoms with Gasteiger partial charge in [0.25, 0.3) is 0 Å². The summed E-state index contributed by atoms with van der Waals surface area (Å²) in [4.78, 5) is 0. The second-order valence-electron chi connectivity index (χ2n) is 8.24. The quantitative estimate of drug-likeness (QED) is 0.736. The maximum absolute atomic E-state index is 13.4. The largest absolute Gasteiger partial charge is 0.466 e. The number of rotatable bonds is 1. The highest BCUT2D eigenvalue weighted by atomic mass is 19.1. The minimum atomic E-state index is -0.511. The molecule has 0 aromatic heterocycles. The Hall–Kier alpha value is -2.40. The summed E-state index contributed by atoms with van der Waals surface area (Å²) in [5.41, 5.74) is 2.31. The van der Waals surface area contributed by atoms with Crippen molar-refractivity contribution < 1.29 is 13.9 Å². The Morgan fingerprint density at radius 2 is 1.89 bits per heavy atom. The van der Waals surface area contributed by atoms with Crippen LogP contribution in [0.4, 0.5) is 4.39 Å². The molecule has 3 aliphatic heterocycles. The number of nitrogens with zero attached hydrogens (tertiary/aromatic N) is 2. The normalized spacial score (nSPS) is 28.3. The molecular weight excluding hydrogens is 343 g/mol. The lowest BCUT2D eigenvalue weighted by Gasteiger charge is -2.52. The summed E-state index contributed by atoms with van der Waals surface area (Å²) in [5, 5.41) is 7.15. The standard InChI is InChI=1S/C22H23FN2O2/c1-21(2)14-22(11-12-26-21)25-19(17-5-3-4-6-20(17)27-22)13-18(24-25)15-7-9-16(23)10-8-15/h3-10,19H,11-14H2,1-2H3/t19-,22+/m1/s1. The second kappa shape index (κ2) is 5.80. The first-order valence-electron chi connectivity index (χ1n) is 9.51. The molecule has 1 fully saturated rings. The zero-order valence-electron chi connectivity index (χ0n) is 15.6. The molecule has 0 aliphatic carbocycles. The third-order valence-electron chi connectivity index (χ3n) is 5.77. The van der Waals surface area contributed by atoms with Crippen LogP contribution >= 0.6 is 0 Å². The van der Waals surface area contributed by atoms with Crippen molar-refractivity contribution in [3.05, 3.63) is 65.5 Å². The smallest absolute Gasteiger partial charge is 0.203 e. The Morgan fingerprint density at radius 1 is 1.11 bits per heavy atom. The van der Waals surface area contributed by atoms with Gasteiger partial charge in [0, 0.05) is 24.8 Å². The second-order valence-corrected chi connectivity index (χ2v) is 8.24. The van der Waals surface area contributed by atoms with Gasteiger partial charge in [-0.3, -0.25) is 0 Å². The molecule has 2 aromatic rings. The summed E-state index contributed by atoms with van der Waals surface area (Å²) >= 11 is 0. The molecule has 27 heavy (non-hydrogen) atoms. The van der Waals surface area contributed by atoms with Crippen LogP contribution in [0.15, 0.2) is 53.6 Å². The fourth-order valence-electron chi connectivity index (χ4n) is 4.62. The van der Waals surface area contributed by atoms with Gasteiger partial charge in [-0.05, 0) is 37.6 Å². The molecular formula is C22H23FN2O2. The van der Waals surface area contributed by atoms with Gasteiger partial charge >= 0.3 is 0 Å². The topological polar surface area (TPSA) is 34.1 Å². The lowest BCUT2D eigenvalue weighted by Crippen LogP contribution is -2.60. The van der Waals surface area contributed by atoms with Gasteiger partial charge in [0.05, 0.1) is 24.0 Å². The van der Waals surface area contributed by atoms with Crippen LogP contribution in [0.25, 0.3) is 0 Å². The Morgan fingerprint density at radius 3 is 2.67 bits per heavy atom. The summed E-state index contributed by atoms with van der Waals surface area (Å²) in [5.74, 6) is 0.707. The highest BCUT2D eigenvalue weighted by molar-refractivity contribution is 6.01. The molecule has 0 amide bonds. The highest BCUT2D eigenvalue weighted by Crippen LogP contribution is 2.51. The molecule has 2 atom stereocenters. The molecule has 3 aliphatic rings. The number of hydrazone groups is 1. The van der Waals surface area contributed by atoms with Crippen molar-refractivity contribution >= 4 is 5.71 Å². The van der Waals surface area contributed by atoms with Crippen LogP contribution in [0, 0.1) is 5.82 Å². The van der Waals surface area contributed by atoms with Gasteiger partial charge in [-0.1, -0.05) is 30.3 Å². The summed E-state index contributed by atoms with van der Waals surface area (Å²) in [6.45, 7) is 4.85. The van der Waals surface area contributed by atoms with Crippen molar-refractivity contribution in [3.8, 4) is 5.75 Å². The van der Waals surface area contributed by atoms with E-state index < -0.39 is 5.72 Å². The third kappa shape index (κ3) is 2.72. The van der Waals surface area contributed by atoms with E-state index in [0.717, 1.165) is 41.9 Å². The van der Waals surface area contributed by atoms with Crippen molar-refractivity contribution in [3.63, 3.8) is 0 Å². The predicted octanol–water partition coefficient (Wildman–Crippen LogP) is 4.65. The van der Waals surface area contributed by atoms with E-state index in [2.05, 4.69) is 24.9 Å². The van der Waals surface area contributed by atoms with E-state index in [4.69, 9.17) is 14.6 Å². The van der Waals surface area contributed by atoms with Crippen molar-refractivity contribution in [2.24, 2.45) is 5.10 Å². The van der Waals surface area contributed by atoms with Crippen LogP contribution in [-0.2, 0) is 4.74 Å². The van der Waals surface area contributed by atoms with Crippen molar-refractivity contribution in [2.75, 3.05) is 6.61 Å². The van der Waals surface area contributed by atoms with Crippen LogP contribution in [0.2, 0.25) is 0 Å². The minimum absolute atomic E-state index is 0.129. The Balaban J connectivity index is 1.60. The Bertz CT molecular complexity index is 909. The van der Waals surface area contributed by atoms with Crippen LogP contribution in [-0.4, -0.2) is 28.7 Å². The molecule has 140 valence electrons. The molecule has 1 spiro atoms. The number of para-hydroxylation sites is 1. The zero-order chi connectivity index (χ0) is 18.6. The minimum Gasteiger partial charge on any atom is -0.466 e. The van der Waals surface area contributed by atoms with E-state index >= 15 is 0 Å². The first kappa shape index (κ1) is 16.8. The molecule has 4 nitrogen and oxygen atoms in total. The lowest BCUT2D eigenvalue weighted by molar-refractivity contribution is -0.212. The van der Waals surface area contributed by atoms with Gasteiger partial charge in [-0.25, -0.2) is 9.40 Å². The van der Waals surface area contributed by atoms with Gasteiger partial charge in [0.15, 0.2) is 0 Å². The fourth-order valence-corrected chi connectivity index (χ4v) is 4.62. The number of hydrogen-bond acceptors (Lipinski definition) is 4. The lowest BCUT2D eigenvalue weighted by atomic mass is 9.86. The number of ether oxygens (including phenoxy) is 2. The van der Waals surface area contributed by atoms with E-state index in [-0.39, 0.29) is 17.5 Å². The summed E-state index contributed by atoms with van der Waals surface area (Å²) in [6.07, 6.45) is 2.29. The summed E-state index contributed by atoms with van der Waals surface area (Å²) in [6, 6.07) is 15.0. The molecule has 0 N–H and O–H groups in total. The van der Waals surface area contributed by atoms with Gasteiger partial charge in [0.1, 0.15) is 11.6 Å². The van der Waals surface area contributed by atoms with E-state index in [1.54, 1.807) is 12.1 Å². The predicted molar refractivity (Wildman–Crippen MR) is 101 cm³/mol. The maximum atomic E-state index is 13.4. The fraction of sp³-hybridized carbons (Fsp3) is 0.409. The van der Waals surface area contributed by atoms with Crippen LogP contribution in [0.1, 0.15) is 50.3 Å². The molecule has 3 heterocycles. The molecule has 5 heteroatoms. The number of fused-ring (bicyclic) bond motifs is 4. The van der Waals surface area contributed by atoms with Crippen LogP contribution in [0.3, 0.4) is 0 Å². The van der Waals surface area contributed by atoms with E-state index in [1.807, 2.05) is 18.2 Å². The van der Waals surface area contributed by atoms with Crippen molar-refractivity contribution in [1.82, 2.24) is 5.01 Å². The molecule has 0 bridgehead atoms. The number of benzene rings is 2. The SMILES string of the molecule is CC1(C)C[C@]2(CCO1)Oc1ccccc1[C@H]1CC(c3ccc(F)cc3)=NN12. The summed E-state index contributed by atoms with van der Waals surface area (Å²) < 4.78 is 25.9. The van der Waals surface area contributed by atoms with E-state index in [1.165, 1.54) is 12.1 Å². The number of hydrogen-bond donors (Lipinski definition) is 0. The number of halogens is 1. The van der Waals surface area contributed by atoms with Crippen LogP contribution in [0.5, 0.6) is 5.75 Å².